The first-order valence-electron chi connectivity index (χ1n) is 11.7. The van der Waals surface area contributed by atoms with E-state index in [9.17, 15) is 9.59 Å². The van der Waals surface area contributed by atoms with E-state index in [0.717, 1.165) is 54.7 Å². The summed E-state index contributed by atoms with van der Waals surface area (Å²) < 4.78 is 1.59. The van der Waals surface area contributed by atoms with Gasteiger partial charge in [-0.15, -0.1) is 11.3 Å². The molecule has 6 nitrogen and oxygen atoms in total. The second-order valence-electron chi connectivity index (χ2n) is 8.44. The number of nitrogens with one attached hydrogen (secondary N) is 1. The second kappa shape index (κ2) is 10.4. The van der Waals surface area contributed by atoms with Gasteiger partial charge in [0.05, 0.1) is 11.7 Å². The third-order valence-corrected chi connectivity index (χ3v) is 7.53. The monoisotopic (exact) mass is 452 g/mol. The van der Waals surface area contributed by atoms with Gasteiger partial charge in [-0.1, -0.05) is 38.1 Å². The molecule has 0 spiro atoms. The molecule has 1 aliphatic rings. The van der Waals surface area contributed by atoms with Crippen LogP contribution >= 0.6 is 11.3 Å². The molecule has 170 valence electrons. The molecule has 0 bridgehead atoms. The lowest BCUT2D eigenvalue weighted by atomic mass is 9.97. The Kier molecular flexibility index (Phi) is 7.37. The van der Waals surface area contributed by atoms with E-state index in [1.165, 1.54) is 22.4 Å². The van der Waals surface area contributed by atoms with Gasteiger partial charge in [0.15, 0.2) is 0 Å². The first-order chi connectivity index (χ1) is 15.6. The lowest BCUT2D eigenvalue weighted by Crippen LogP contribution is -2.27. The van der Waals surface area contributed by atoms with Crippen LogP contribution in [0.4, 0.5) is 0 Å². The number of aromatic nitrogens is 2. The number of amides is 1. The molecule has 1 aliphatic carbocycles. The molecule has 3 aromatic rings. The summed E-state index contributed by atoms with van der Waals surface area (Å²) in [7, 11) is 0. The van der Waals surface area contributed by atoms with Gasteiger partial charge in [-0.25, -0.2) is 4.98 Å². The highest BCUT2D eigenvalue weighted by Gasteiger charge is 2.20. The molecule has 0 radical (unpaired) electrons. The van der Waals surface area contributed by atoms with Crippen LogP contribution in [0.25, 0.3) is 10.2 Å². The van der Waals surface area contributed by atoms with Gasteiger partial charge in [0, 0.05) is 30.9 Å². The minimum absolute atomic E-state index is 0.00834. The third-order valence-electron chi connectivity index (χ3n) is 6.33. The summed E-state index contributed by atoms with van der Waals surface area (Å²) in [6.45, 7) is 8.20. The first kappa shape index (κ1) is 22.7. The van der Waals surface area contributed by atoms with Crippen molar-refractivity contribution in [1.82, 2.24) is 19.8 Å². The average molecular weight is 453 g/mol. The highest BCUT2D eigenvalue weighted by Crippen LogP contribution is 2.33. The van der Waals surface area contributed by atoms with Crippen LogP contribution in [0, 0.1) is 0 Å². The largest absolute Gasteiger partial charge is 0.352 e. The number of thiophene rings is 1. The Morgan fingerprint density at radius 3 is 2.59 bits per heavy atom. The molecule has 1 N–H and O–H groups in total. The summed E-state index contributed by atoms with van der Waals surface area (Å²) in [4.78, 5) is 34.4. The quantitative estimate of drug-likeness (QED) is 0.535. The predicted octanol–water partition coefficient (Wildman–Crippen LogP) is 3.89. The van der Waals surface area contributed by atoms with Gasteiger partial charge in [0.1, 0.15) is 4.83 Å². The van der Waals surface area contributed by atoms with Crippen LogP contribution in [0.5, 0.6) is 0 Å². The van der Waals surface area contributed by atoms with E-state index >= 15 is 0 Å². The highest BCUT2D eigenvalue weighted by molar-refractivity contribution is 7.18. The standard InChI is InChI=1S/C25H32N4O2S/c1-3-28(4-2)16-19-11-9-18(10-12-19)15-26-22(30)13-14-29-17-27-24-23(25(29)31)20-7-5-6-8-21(20)32-24/h9-12,17H,3-8,13-16H2,1-2H3,(H,26,30). The van der Waals surface area contributed by atoms with E-state index in [1.807, 2.05) is 0 Å². The molecule has 0 atom stereocenters. The highest BCUT2D eigenvalue weighted by atomic mass is 32.1. The Labute approximate surface area is 193 Å². The molecule has 0 saturated heterocycles. The summed E-state index contributed by atoms with van der Waals surface area (Å²) in [5, 5.41) is 3.75. The van der Waals surface area contributed by atoms with Gasteiger partial charge < -0.3 is 5.32 Å². The maximum atomic E-state index is 13.0. The number of benzene rings is 1. The van der Waals surface area contributed by atoms with Crippen LogP contribution in [-0.2, 0) is 37.3 Å². The molecule has 7 heteroatoms. The summed E-state index contributed by atoms with van der Waals surface area (Å²) in [5.74, 6) is -0.0587. The Morgan fingerprint density at radius 1 is 1.12 bits per heavy atom. The van der Waals surface area contributed by atoms with Crippen molar-refractivity contribution in [2.24, 2.45) is 0 Å². The SMILES string of the molecule is CCN(CC)Cc1ccc(CNC(=O)CCn2cnc3sc4c(c3c2=O)CCCC4)cc1. The fourth-order valence-electron chi connectivity index (χ4n) is 4.32. The Morgan fingerprint density at radius 2 is 1.84 bits per heavy atom. The van der Waals surface area contributed by atoms with Gasteiger partial charge in [-0.05, 0) is 55.5 Å². The summed E-state index contributed by atoms with van der Waals surface area (Å²) in [6.07, 6.45) is 6.19. The van der Waals surface area contributed by atoms with Gasteiger partial charge in [-0.3, -0.25) is 19.1 Å². The van der Waals surface area contributed by atoms with Crippen molar-refractivity contribution in [3.05, 3.63) is 62.5 Å². The predicted molar refractivity (Wildman–Crippen MR) is 130 cm³/mol. The number of nitrogens with zero attached hydrogens (tertiary/aromatic N) is 3. The van der Waals surface area contributed by atoms with Crippen molar-refractivity contribution in [2.45, 2.75) is 65.6 Å². The van der Waals surface area contributed by atoms with Crippen LogP contribution in [-0.4, -0.2) is 33.4 Å². The molecule has 1 aromatic carbocycles. The van der Waals surface area contributed by atoms with Gasteiger partial charge in [0.2, 0.25) is 5.91 Å². The Hall–Kier alpha value is -2.51. The fraction of sp³-hybridized carbons (Fsp3) is 0.480. The first-order valence-corrected chi connectivity index (χ1v) is 12.5. The molecule has 0 aliphatic heterocycles. The topological polar surface area (TPSA) is 67.2 Å². The molecule has 0 saturated carbocycles. The minimum atomic E-state index is -0.0587. The van der Waals surface area contributed by atoms with Gasteiger partial charge >= 0.3 is 0 Å². The van der Waals surface area contributed by atoms with Crippen molar-refractivity contribution >= 4 is 27.5 Å². The smallest absolute Gasteiger partial charge is 0.262 e. The molecule has 1 amide bonds. The van der Waals surface area contributed by atoms with Crippen molar-refractivity contribution in [3.63, 3.8) is 0 Å². The molecular formula is C25H32N4O2S. The lowest BCUT2D eigenvalue weighted by molar-refractivity contribution is -0.121. The molecular weight excluding hydrogens is 420 g/mol. The van der Waals surface area contributed by atoms with E-state index in [0.29, 0.717) is 13.1 Å². The van der Waals surface area contributed by atoms with Crippen LogP contribution in [0.2, 0.25) is 0 Å². The number of fused-ring (bicyclic) bond motifs is 3. The Balaban J connectivity index is 1.32. The molecule has 0 unspecified atom stereocenters. The molecule has 4 rings (SSSR count). The maximum Gasteiger partial charge on any atom is 0.262 e. The molecule has 2 aromatic heterocycles. The van der Waals surface area contributed by atoms with Gasteiger partial charge in [0.25, 0.3) is 5.56 Å². The molecule has 32 heavy (non-hydrogen) atoms. The van der Waals surface area contributed by atoms with Crippen molar-refractivity contribution in [3.8, 4) is 0 Å². The molecule has 0 fully saturated rings. The van der Waals surface area contributed by atoms with Crippen LogP contribution in [0.1, 0.15) is 54.7 Å². The van der Waals surface area contributed by atoms with Crippen LogP contribution in [0.15, 0.2) is 35.4 Å². The number of carbonyl (C=O) groups excluding carboxylic acids is 1. The normalized spacial score (nSPS) is 13.5. The van der Waals surface area contributed by atoms with Crippen LogP contribution in [0.3, 0.4) is 0 Å². The number of carbonyl (C=O) groups is 1. The zero-order chi connectivity index (χ0) is 22.5. The Bertz CT molecular complexity index is 1130. The van der Waals surface area contributed by atoms with E-state index in [-0.39, 0.29) is 17.9 Å². The summed E-state index contributed by atoms with van der Waals surface area (Å²) >= 11 is 1.65. The van der Waals surface area contributed by atoms with Crippen molar-refractivity contribution in [2.75, 3.05) is 13.1 Å². The van der Waals surface area contributed by atoms with Crippen molar-refractivity contribution in [1.29, 1.82) is 0 Å². The number of hydrogen-bond donors (Lipinski definition) is 1. The number of aryl methyl sites for hydroxylation is 3. The number of rotatable bonds is 9. The third kappa shape index (κ3) is 5.10. The zero-order valence-electron chi connectivity index (χ0n) is 19.0. The zero-order valence-corrected chi connectivity index (χ0v) is 19.8. The lowest BCUT2D eigenvalue weighted by Gasteiger charge is -2.18. The summed E-state index contributed by atoms with van der Waals surface area (Å²) in [6, 6.07) is 8.39. The van der Waals surface area contributed by atoms with E-state index < -0.39 is 0 Å². The summed E-state index contributed by atoms with van der Waals surface area (Å²) in [5.41, 5.74) is 3.54. The average Bonchev–Trinajstić information content (AvgIpc) is 3.21. The molecule has 2 heterocycles. The number of hydrogen-bond acceptors (Lipinski definition) is 5. The van der Waals surface area contributed by atoms with E-state index in [4.69, 9.17) is 0 Å². The van der Waals surface area contributed by atoms with E-state index in [1.54, 1.807) is 22.2 Å². The maximum absolute atomic E-state index is 13.0. The fourth-order valence-corrected chi connectivity index (χ4v) is 5.54. The van der Waals surface area contributed by atoms with E-state index in [2.05, 4.69) is 53.3 Å². The minimum Gasteiger partial charge on any atom is -0.352 e. The van der Waals surface area contributed by atoms with Crippen molar-refractivity contribution < 1.29 is 4.79 Å². The second-order valence-corrected chi connectivity index (χ2v) is 9.52. The van der Waals surface area contributed by atoms with Gasteiger partial charge in [-0.2, -0.15) is 0 Å². The van der Waals surface area contributed by atoms with Crippen LogP contribution < -0.4 is 10.9 Å².